The van der Waals surface area contributed by atoms with Crippen molar-refractivity contribution < 1.29 is 115 Å². The van der Waals surface area contributed by atoms with Gasteiger partial charge < -0.3 is 67.0 Å². The van der Waals surface area contributed by atoms with E-state index >= 15 is 0 Å². The Balaban J connectivity index is 0.00000603. The maximum Gasteiger partial charge on any atom is 0.373 e. The number of anilines is 4. The Morgan fingerprint density at radius 1 is 0.588 bits per heavy atom. The standard InChI is InChI=1S/C53H86N14O14.CO2.Lu/c1-54-50-59-51(56-39-17-15-38(16-18-39)33-40-34-62(2)23-24-64(35-45(71)72)25-26-65(36-46(73)74)29-32-67(40)37-47(75)76)61-52(60-50)66-30-27-63(28-31-66)22-12-8-6-4-3-5-7-9-14-43(68)55-21-11-10-13-41(48(77)78)57-53(81)58-42(49(79)80)19-20-44(69)70;2-1-3;/h15-18,40-42H,3-14,19-37H2,1-2H3,(H,55,68)(H,69,70)(H,71,72)(H,73,74)(H,75,76)(H,77,78)(H,79,80)(H2,57,58,81)(H2,54,56,59,60,61);;/t40?,41-,42-;;/m0../s1. The van der Waals surface area contributed by atoms with Crippen LogP contribution in [0.5, 0.6) is 0 Å². The normalized spacial score (nSPS) is 16.4. The maximum absolute atomic E-state index is 12.3. The first-order valence-corrected chi connectivity index (χ1v) is 28.5. The molecule has 0 spiro atoms. The summed E-state index contributed by atoms with van der Waals surface area (Å²) in [6.45, 7) is 6.84. The molecule has 3 heterocycles. The molecule has 11 N–H and O–H groups in total. The van der Waals surface area contributed by atoms with E-state index in [0.29, 0.717) is 95.9 Å². The monoisotopic (exact) mass is 1360 g/mol. The van der Waals surface area contributed by atoms with Gasteiger partial charge in [-0.1, -0.05) is 50.7 Å². The summed E-state index contributed by atoms with van der Waals surface area (Å²) in [5.74, 6) is -5.61. The zero-order valence-corrected chi connectivity index (χ0v) is 50.2. The van der Waals surface area contributed by atoms with E-state index in [1.807, 2.05) is 36.2 Å². The van der Waals surface area contributed by atoms with Crippen molar-refractivity contribution in [1.29, 1.82) is 0 Å². The van der Waals surface area contributed by atoms with Crippen LogP contribution >= 0.6 is 0 Å². The van der Waals surface area contributed by atoms with Gasteiger partial charge in [0, 0.05) is 147 Å². The number of amides is 3. The van der Waals surface area contributed by atoms with Gasteiger partial charge in [-0.3, -0.25) is 43.6 Å². The number of hydrogen-bond donors (Lipinski definition) is 11. The predicted molar refractivity (Wildman–Crippen MR) is 305 cm³/mol. The first-order valence-electron chi connectivity index (χ1n) is 28.5. The van der Waals surface area contributed by atoms with Crippen molar-refractivity contribution in [3.05, 3.63) is 29.8 Å². The molecule has 2 aromatic rings. The minimum atomic E-state index is -1.48. The van der Waals surface area contributed by atoms with Crippen molar-refractivity contribution in [2.75, 3.05) is 134 Å². The number of nitrogens with zero attached hydrogens (tertiary/aromatic N) is 9. The molecule has 1 radical (unpaired) electrons. The molecule has 2 fully saturated rings. The van der Waals surface area contributed by atoms with Crippen molar-refractivity contribution >= 4 is 77.4 Å². The summed E-state index contributed by atoms with van der Waals surface area (Å²) in [4.78, 5) is 136. The van der Waals surface area contributed by atoms with Crippen LogP contribution < -0.4 is 31.5 Å². The first-order chi connectivity index (χ1) is 40.2. The Labute approximate surface area is 524 Å². The van der Waals surface area contributed by atoms with Crippen molar-refractivity contribution in [3.8, 4) is 0 Å². The fourth-order valence-corrected chi connectivity index (χ4v) is 9.69. The fraction of sp³-hybridized carbons (Fsp3) is 0.667. The number of unbranched alkanes of at least 4 members (excludes halogenated alkanes) is 8. The Kier molecular flexibility index (Phi) is 37.3. The summed E-state index contributed by atoms with van der Waals surface area (Å²) in [6, 6.07) is 3.77. The van der Waals surface area contributed by atoms with Crippen LogP contribution in [0.25, 0.3) is 0 Å². The van der Waals surface area contributed by atoms with E-state index in [0.717, 1.165) is 95.3 Å². The number of carboxylic acids is 6. The van der Waals surface area contributed by atoms with Gasteiger partial charge in [0.25, 0.3) is 0 Å². The summed E-state index contributed by atoms with van der Waals surface area (Å²) in [5, 5.41) is 70.0. The smallest absolute Gasteiger partial charge is 0.373 e. The summed E-state index contributed by atoms with van der Waals surface area (Å²) in [7, 11) is 3.69. The Morgan fingerprint density at radius 3 is 1.66 bits per heavy atom. The minimum Gasteiger partial charge on any atom is -0.481 e. The van der Waals surface area contributed by atoms with Crippen molar-refractivity contribution in [2.45, 2.75) is 114 Å². The molecule has 4 rings (SSSR count). The van der Waals surface area contributed by atoms with E-state index < -0.39 is 60.4 Å². The molecule has 483 valence electrons. The average molecular weight is 1360 g/mol. The molecule has 3 amide bonds. The van der Waals surface area contributed by atoms with Gasteiger partial charge in [0.15, 0.2) is 0 Å². The van der Waals surface area contributed by atoms with Crippen LogP contribution in [-0.4, -0.2) is 261 Å². The third-order valence-electron chi connectivity index (χ3n) is 14.2. The van der Waals surface area contributed by atoms with E-state index in [1.54, 1.807) is 16.8 Å². The Morgan fingerprint density at radius 2 is 1.11 bits per heavy atom. The first kappa shape index (κ1) is 74.7. The Bertz CT molecular complexity index is 2420. The third kappa shape index (κ3) is 32.6. The van der Waals surface area contributed by atoms with Crippen molar-refractivity contribution in [3.63, 3.8) is 0 Å². The van der Waals surface area contributed by atoms with E-state index in [9.17, 15) is 63.9 Å². The molecule has 2 aliphatic heterocycles. The maximum atomic E-state index is 12.3. The van der Waals surface area contributed by atoms with Crippen molar-refractivity contribution in [1.82, 2.24) is 55.4 Å². The quantitative estimate of drug-likeness (QED) is 0.0430. The van der Waals surface area contributed by atoms with Crippen molar-refractivity contribution in [2.24, 2.45) is 0 Å². The molecule has 31 heteroatoms. The molecule has 2 aliphatic rings. The summed E-state index contributed by atoms with van der Waals surface area (Å²) in [6.07, 6.45) is 9.65. The number of aromatic nitrogens is 3. The molecule has 2 saturated heterocycles. The van der Waals surface area contributed by atoms with E-state index in [2.05, 4.69) is 51.3 Å². The zero-order valence-electron chi connectivity index (χ0n) is 48.5. The van der Waals surface area contributed by atoms with Gasteiger partial charge in [-0.25, -0.2) is 14.4 Å². The molecule has 1 unspecified atom stereocenters. The minimum absolute atomic E-state index is 0. The third-order valence-corrected chi connectivity index (χ3v) is 14.2. The Hall–Kier alpha value is -6.40. The number of rotatable bonds is 35. The molecule has 0 saturated carbocycles. The number of carbonyl (C=O) groups is 8. The second-order valence-electron chi connectivity index (χ2n) is 20.8. The predicted octanol–water partition coefficient (Wildman–Crippen LogP) is 1.08. The van der Waals surface area contributed by atoms with E-state index in [1.165, 1.54) is 0 Å². The van der Waals surface area contributed by atoms with Crippen LogP contribution in [0.2, 0.25) is 0 Å². The average Bonchev–Trinajstić information content (AvgIpc) is 3.60. The van der Waals surface area contributed by atoms with Gasteiger partial charge in [0.2, 0.25) is 23.8 Å². The summed E-state index contributed by atoms with van der Waals surface area (Å²) < 4.78 is 0. The molecule has 1 aromatic carbocycles. The molecule has 3 atom stereocenters. The topological polar surface area (TPSA) is 410 Å². The number of hydrogen-bond acceptors (Lipinski definition) is 21. The molecule has 0 aliphatic carbocycles. The van der Waals surface area contributed by atoms with Crippen LogP contribution in [0, 0.1) is 36.9 Å². The number of likely N-dealkylation sites (N-methyl/N-ethyl adjacent to an activating group) is 1. The van der Waals surface area contributed by atoms with E-state index in [-0.39, 0.29) is 87.5 Å². The van der Waals surface area contributed by atoms with Gasteiger partial charge in [-0.2, -0.15) is 24.5 Å². The summed E-state index contributed by atoms with van der Waals surface area (Å²) in [5.41, 5.74) is 1.72. The van der Waals surface area contributed by atoms with Gasteiger partial charge in [-0.15, -0.1) is 0 Å². The molecule has 85 heavy (non-hydrogen) atoms. The van der Waals surface area contributed by atoms with E-state index in [4.69, 9.17) is 19.7 Å². The van der Waals surface area contributed by atoms with Gasteiger partial charge in [0.05, 0.1) is 19.6 Å². The second-order valence-corrected chi connectivity index (χ2v) is 20.8. The van der Waals surface area contributed by atoms with Gasteiger partial charge >= 0.3 is 48.0 Å². The van der Waals surface area contributed by atoms with Crippen LogP contribution in [0.1, 0.15) is 95.5 Å². The summed E-state index contributed by atoms with van der Waals surface area (Å²) >= 11 is 0. The largest absolute Gasteiger partial charge is 0.481 e. The number of piperazine rings is 1. The molecule has 0 bridgehead atoms. The SMILES string of the molecule is CNc1nc(Nc2ccc(CC3CN(C)CCN(CC(=O)O)CCN(CC(=O)O)CCN3CC(=O)O)cc2)nc(N2CCN(CCCCCCCCCCC(=O)NCCCC[C@H](NC(=O)N[C@@H](CCC(=O)O)C(=O)O)C(=O)O)CC2)n1.O=C=O.[Lu]. The number of aliphatic carboxylic acids is 6. The number of benzene rings is 1. The molecule has 1 aromatic heterocycles. The number of carbonyl (C=O) groups excluding carboxylic acids is 4. The second kappa shape index (κ2) is 42.4. The fourth-order valence-electron chi connectivity index (χ4n) is 9.69. The van der Waals surface area contributed by atoms with Gasteiger partial charge in [0.1, 0.15) is 12.1 Å². The molecular weight excluding hydrogens is 1280 g/mol. The van der Waals surface area contributed by atoms with Crippen LogP contribution in [-0.2, 0) is 49.6 Å². The number of urea groups is 1. The number of carboxylic acid groups (broad SMARTS) is 6. The molecular formula is C54H86LuN14O16. The van der Waals surface area contributed by atoms with Crippen LogP contribution in [0.4, 0.5) is 28.3 Å². The van der Waals surface area contributed by atoms with Crippen LogP contribution in [0.3, 0.4) is 0 Å². The zero-order chi connectivity index (χ0) is 61.8. The molecule has 30 nitrogen and oxygen atoms in total. The number of nitrogens with one attached hydrogen (secondary N) is 5. The van der Waals surface area contributed by atoms with Gasteiger partial charge in [-0.05, 0) is 76.2 Å². The van der Waals surface area contributed by atoms with Crippen LogP contribution in [0.15, 0.2) is 24.3 Å².